The molecule has 2 atom stereocenters. The zero-order valence-corrected chi connectivity index (χ0v) is 17.4. The van der Waals surface area contributed by atoms with E-state index in [9.17, 15) is 10.1 Å². The van der Waals surface area contributed by atoms with Crippen LogP contribution in [-0.2, 0) is 6.54 Å². The molecule has 32 heavy (non-hydrogen) atoms. The van der Waals surface area contributed by atoms with Gasteiger partial charge in [0.1, 0.15) is 11.5 Å². The van der Waals surface area contributed by atoms with Gasteiger partial charge in [-0.2, -0.15) is 5.26 Å². The van der Waals surface area contributed by atoms with E-state index in [1.807, 2.05) is 47.3 Å². The van der Waals surface area contributed by atoms with Crippen LogP contribution in [0, 0.1) is 29.6 Å². The third kappa shape index (κ3) is 3.25. The van der Waals surface area contributed by atoms with Gasteiger partial charge in [-0.25, -0.2) is 9.36 Å². The topological polar surface area (TPSA) is 91.0 Å². The molecule has 0 amide bonds. The van der Waals surface area contributed by atoms with Gasteiger partial charge >= 0.3 is 5.63 Å². The summed E-state index contributed by atoms with van der Waals surface area (Å²) in [5.74, 6) is -1.43. The lowest BCUT2D eigenvalue weighted by atomic mass is 9.79. The first kappa shape index (κ1) is 19.7. The van der Waals surface area contributed by atoms with Crippen LogP contribution < -0.4 is 14.9 Å². The number of rotatable bonds is 3. The van der Waals surface area contributed by atoms with E-state index in [0.29, 0.717) is 23.3 Å². The Labute approximate surface area is 184 Å². The fraction of sp³-hybridized carbons (Fsp3) is 0.154. The van der Waals surface area contributed by atoms with Gasteiger partial charge < -0.3 is 9.15 Å². The van der Waals surface area contributed by atoms with Crippen molar-refractivity contribution < 1.29 is 13.7 Å². The lowest BCUT2D eigenvalue weighted by molar-refractivity contribution is -0.688. The van der Waals surface area contributed by atoms with Gasteiger partial charge in [-0.3, -0.25) is 5.41 Å². The molecule has 156 valence electrons. The first-order valence-corrected chi connectivity index (χ1v) is 10.3. The standard InChI is InChI=1S/C26H20N3O3/c1-16-6-2-3-7-18(16)15-29-12-10-17(11-13-29)22-20(14-27)25(28)32-24-19-8-4-5-9-21(19)31-26(30)23(22)24/h2-13,20,22,28H,15H2,1H3/q+1. The Morgan fingerprint density at radius 2 is 1.78 bits per heavy atom. The first-order valence-electron chi connectivity index (χ1n) is 10.3. The molecule has 3 heterocycles. The van der Waals surface area contributed by atoms with Gasteiger partial charge in [0.2, 0.25) is 5.90 Å². The fourth-order valence-corrected chi connectivity index (χ4v) is 4.26. The van der Waals surface area contributed by atoms with Crippen molar-refractivity contribution in [1.82, 2.24) is 0 Å². The molecule has 0 radical (unpaired) electrons. The number of ether oxygens (including phenoxy) is 1. The molecule has 0 spiro atoms. The van der Waals surface area contributed by atoms with Crippen LogP contribution in [0.1, 0.15) is 28.2 Å². The van der Waals surface area contributed by atoms with Crippen molar-refractivity contribution in [3.63, 3.8) is 0 Å². The number of hydrogen-bond donors (Lipinski definition) is 1. The van der Waals surface area contributed by atoms with Crippen LogP contribution in [0.2, 0.25) is 0 Å². The Balaban J connectivity index is 1.60. The smallest absolute Gasteiger partial charge is 0.343 e. The number of benzene rings is 2. The Hall–Kier alpha value is -4.24. The van der Waals surface area contributed by atoms with Crippen LogP contribution in [0.25, 0.3) is 11.0 Å². The van der Waals surface area contributed by atoms with E-state index >= 15 is 0 Å². The summed E-state index contributed by atoms with van der Waals surface area (Å²) in [5.41, 5.74) is 3.31. The van der Waals surface area contributed by atoms with E-state index in [1.165, 1.54) is 11.1 Å². The molecule has 2 aromatic carbocycles. The number of aromatic nitrogens is 1. The number of fused-ring (bicyclic) bond motifs is 3. The molecule has 0 aliphatic carbocycles. The lowest BCUT2D eigenvalue weighted by Crippen LogP contribution is -2.36. The van der Waals surface area contributed by atoms with Crippen LogP contribution in [0.4, 0.5) is 0 Å². The Kier molecular flexibility index (Phi) is 4.79. The minimum atomic E-state index is -0.918. The van der Waals surface area contributed by atoms with Crippen molar-refractivity contribution >= 4 is 16.9 Å². The van der Waals surface area contributed by atoms with Crippen LogP contribution in [-0.4, -0.2) is 5.90 Å². The monoisotopic (exact) mass is 422 g/mol. The summed E-state index contributed by atoms with van der Waals surface area (Å²) in [6.07, 6.45) is 3.86. The number of nitriles is 1. The third-order valence-electron chi connectivity index (χ3n) is 5.97. The number of nitrogens with one attached hydrogen (secondary N) is 1. The number of pyridine rings is 1. The van der Waals surface area contributed by atoms with Crippen molar-refractivity contribution in [1.29, 1.82) is 10.7 Å². The van der Waals surface area contributed by atoms with E-state index in [0.717, 1.165) is 5.56 Å². The minimum absolute atomic E-state index is 0.169. The predicted octanol–water partition coefficient (Wildman–Crippen LogP) is 4.08. The van der Waals surface area contributed by atoms with Gasteiger partial charge in [0, 0.05) is 23.6 Å². The molecule has 2 unspecified atom stereocenters. The molecule has 5 rings (SSSR count). The van der Waals surface area contributed by atoms with Crippen LogP contribution in [0.15, 0.2) is 82.3 Å². The van der Waals surface area contributed by atoms with Gasteiger partial charge in [0.15, 0.2) is 24.7 Å². The van der Waals surface area contributed by atoms with Crippen LogP contribution >= 0.6 is 0 Å². The molecule has 4 aromatic rings. The maximum atomic E-state index is 12.9. The summed E-state index contributed by atoms with van der Waals surface area (Å²) in [4.78, 5) is 12.9. The van der Waals surface area contributed by atoms with Crippen molar-refractivity contribution in [2.24, 2.45) is 5.92 Å². The summed E-state index contributed by atoms with van der Waals surface area (Å²) in [6, 6.07) is 21.2. The summed E-state index contributed by atoms with van der Waals surface area (Å²) < 4.78 is 13.3. The molecular formula is C26H20N3O3+. The molecule has 1 N–H and O–H groups in total. The van der Waals surface area contributed by atoms with Gasteiger partial charge in [0.25, 0.3) is 0 Å². The maximum absolute atomic E-state index is 12.9. The van der Waals surface area contributed by atoms with Crippen molar-refractivity contribution in [2.75, 3.05) is 0 Å². The second-order valence-corrected chi connectivity index (χ2v) is 7.91. The van der Waals surface area contributed by atoms with E-state index < -0.39 is 17.5 Å². The van der Waals surface area contributed by atoms with E-state index in [1.54, 1.807) is 18.2 Å². The average Bonchev–Trinajstić information content (AvgIpc) is 2.80. The normalized spacial score (nSPS) is 17.4. The number of para-hydroxylation sites is 1. The zero-order chi connectivity index (χ0) is 22.2. The van der Waals surface area contributed by atoms with Crippen LogP contribution in [0.5, 0.6) is 5.75 Å². The average molecular weight is 422 g/mol. The van der Waals surface area contributed by atoms with E-state index in [-0.39, 0.29) is 11.5 Å². The second kappa shape index (κ2) is 7.78. The molecule has 0 saturated heterocycles. The Morgan fingerprint density at radius 3 is 2.53 bits per heavy atom. The highest BCUT2D eigenvalue weighted by molar-refractivity contribution is 5.92. The number of hydrogen-bond acceptors (Lipinski definition) is 5. The van der Waals surface area contributed by atoms with Gasteiger partial charge in [-0.1, -0.05) is 36.4 Å². The molecule has 0 saturated carbocycles. The molecule has 1 aliphatic heterocycles. The predicted molar refractivity (Wildman–Crippen MR) is 119 cm³/mol. The number of aryl methyl sites for hydroxylation is 1. The van der Waals surface area contributed by atoms with Gasteiger partial charge in [0.05, 0.1) is 17.0 Å². The highest BCUT2D eigenvalue weighted by atomic mass is 16.5. The summed E-state index contributed by atoms with van der Waals surface area (Å²) >= 11 is 0. The molecule has 6 heteroatoms. The fourth-order valence-electron chi connectivity index (χ4n) is 4.26. The second-order valence-electron chi connectivity index (χ2n) is 7.91. The first-order chi connectivity index (χ1) is 15.6. The quantitative estimate of drug-likeness (QED) is 0.398. The zero-order valence-electron chi connectivity index (χ0n) is 17.4. The number of nitrogens with zero attached hydrogens (tertiary/aromatic N) is 2. The molecular weight excluding hydrogens is 402 g/mol. The summed E-state index contributed by atoms with van der Waals surface area (Å²) in [5, 5.41) is 18.7. The van der Waals surface area contributed by atoms with Crippen molar-refractivity contribution in [3.8, 4) is 11.8 Å². The highest BCUT2D eigenvalue weighted by Crippen LogP contribution is 2.43. The lowest BCUT2D eigenvalue weighted by Gasteiger charge is -2.29. The van der Waals surface area contributed by atoms with E-state index in [4.69, 9.17) is 14.6 Å². The maximum Gasteiger partial charge on any atom is 0.343 e. The molecule has 0 fully saturated rings. The summed E-state index contributed by atoms with van der Waals surface area (Å²) in [7, 11) is 0. The minimum Gasteiger partial charge on any atom is -0.441 e. The Morgan fingerprint density at radius 1 is 1.06 bits per heavy atom. The van der Waals surface area contributed by atoms with Crippen molar-refractivity contribution in [3.05, 3.63) is 106 Å². The molecule has 1 aliphatic rings. The van der Waals surface area contributed by atoms with Crippen LogP contribution in [0.3, 0.4) is 0 Å². The van der Waals surface area contributed by atoms with Crippen molar-refractivity contribution in [2.45, 2.75) is 19.4 Å². The largest absolute Gasteiger partial charge is 0.441 e. The molecule has 0 bridgehead atoms. The third-order valence-corrected chi connectivity index (χ3v) is 5.97. The van der Waals surface area contributed by atoms with Gasteiger partial charge in [-0.15, -0.1) is 0 Å². The molecule has 2 aromatic heterocycles. The van der Waals surface area contributed by atoms with Gasteiger partial charge in [-0.05, 0) is 30.2 Å². The SMILES string of the molecule is Cc1ccccc1C[n+]1ccc(C2c3c(c4ccccc4oc3=O)OC(=N)C2C#N)cc1. The highest BCUT2D eigenvalue weighted by Gasteiger charge is 2.41. The summed E-state index contributed by atoms with van der Waals surface area (Å²) in [6.45, 7) is 2.79. The van der Waals surface area contributed by atoms with E-state index in [2.05, 4.69) is 25.1 Å². The Bertz CT molecular complexity index is 1450. The molecule has 6 nitrogen and oxygen atoms in total.